The van der Waals surface area contributed by atoms with Crippen molar-refractivity contribution >= 4 is 39.2 Å². The first-order chi connectivity index (χ1) is 14.5. The van der Waals surface area contributed by atoms with Gasteiger partial charge in [-0.2, -0.15) is 0 Å². The van der Waals surface area contributed by atoms with Gasteiger partial charge in [0.2, 0.25) is 0 Å². The van der Waals surface area contributed by atoms with Gasteiger partial charge in [0.05, 0.1) is 18.7 Å². The molecule has 1 atom stereocenters. The number of carbonyl (C=O) groups excluding carboxylic acids is 2. The van der Waals surface area contributed by atoms with Crippen LogP contribution in [0.5, 0.6) is 5.75 Å². The first kappa shape index (κ1) is 19.8. The summed E-state index contributed by atoms with van der Waals surface area (Å²) in [5, 5.41) is 11.1. The minimum absolute atomic E-state index is 0.00114. The van der Waals surface area contributed by atoms with Crippen LogP contribution in [-0.4, -0.2) is 28.9 Å². The van der Waals surface area contributed by atoms with Gasteiger partial charge in [0.15, 0.2) is 0 Å². The maximum absolute atomic E-state index is 13.0. The van der Waals surface area contributed by atoms with Crippen LogP contribution in [0.1, 0.15) is 17.2 Å². The molecule has 6 nitrogen and oxygen atoms in total. The monoisotopic (exact) mass is 464 g/mol. The number of hydrogen-bond acceptors (Lipinski definition) is 5. The van der Waals surface area contributed by atoms with Gasteiger partial charge < -0.3 is 9.84 Å². The number of aliphatic hydroxyl groups excluding tert-OH is 1. The summed E-state index contributed by atoms with van der Waals surface area (Å²) in [7, 11) is 1.51. The fourth-order valence-corrected chi connectivity index (χ4v) is 3.72. The van der Waals surface area contributed by atoms with E-state index in [1.54, 1.807) is 60.8 Å². The van der Waals surface area contributed by atoms with Gasteiger partial charge in [-0.3, -0.25) is 14.5 Å². The fraction of sp³-hybridized carbons (Fsp3) is 0.0870. The summed E-state index contributed by atoms with van der Waals surface area (Å²) in [4.78, 5) is 31.6. The lowest BCUT2D eigenvalue weighted by atomic mass is 9.95. The van der Waals surface area contributed by atoms with E-state index in [0.717, 1.165) is 4.47 Å². The van der Waals surface area contributed by atoms with Crippen LogP contribution in [0.2, 0.25) is 0 Å². The standard InChI is InChI=1S/C23H17BrN2O4/c1-30-17-6-4-5-15(13-17)21(27)19-20(14-8-10-16(24)11-9-14)26(23(29)22(19)28)18-7-2-3-12-25-18/h2-13,20,27H,1H3/t20-/m1/s1. The Kier molecular flexibility index (Phi) is 5.37. The molecule has 1 saturated heterocycles. The molecule has 1 aromatic heterocycles. The number of methoxy groups -OCH3 is 1. The van der Waals surface area contributed by atoms with Crippen molar-refractivity contribution in [2.75, 3.05) is 12.0 Å². The average Bonchev–Trinajstić information content (AvgIpc) is 3.05. The summed E-state index contributed by atoms with van der Waals surface area (Å²) in [6.07, 6.45) is 1.55. The van der Waals surface area contributed by atoms with E-state index in [2.05, 4.69) is 20.9 Å². The minimum atomic E-state index is -0.820. The number of pyridine rings is 1. The third kappa shape index (κ3) is 3.48. The Morgan fingerprint density at radius 1 is 1.07 bits per heavy atom. The SMILES string of the molecule is COc1cccc(C(O)=C2C(=O)C(=O)N(c3ccccn3)[C@@H]2c2ccc(Br)cc2)c1. The number of anilines is 1. The zero-order valence-corrected chi connectivity index (χ0v) is 17.5. The summed E-state index contributed by atoms with van der Waals surface area (Å²) < 4.78 is 6.07. The Balaban J connectivity index is 1.94. The van der Waals surface area contributed by atoms with Crippen LogP contribution in [0.4, 0.5) is 5.82 Å². The molecule has 0 bridgehead atoms. The molecule has 0 spiro atoms. The summed E-state index contributed by atoms with van der Waals surface area (Å²) in [6, 6.07) is 18.2. The predicted octanol–water partition coefficient (Wildman–Crippen LogP) is 4.48. The molecule has 0 radical (unpaired) electrons. The van der Waals surface area contributed by atoms with E-state index in [9.17, 15) is 14.7 Å². The highest BCUT2D eigenvalue weighted by molar-refractivity contribution is 9.10. The Bertz CT molecular complexity index is 1140. The molecule has 1 fully saturated rings. The lowest BCUT2D eigenvalue weighted by Crippen LogP contribution is -2.30. The number of Topliss-reactive ketones (excluding diaryl/α,β-unsaturated/α-hetero) is 1. The molecule has 1 amide bonds. The number of hydrogen-bond donors (Lipinski definition) is 1. The molecule has 0 aliphatic carbocycles. The lowest BCUT2D eigenvalue weighted by Gasteiger charge is -2.24. The fourth-order valence-electron chi connectivity index (χ4n) is 3.45. The van der Waals surface area contributed by atoms with Crippen molar-refractivity contribution < 1.29 is 19.4 Å². The largest absolute Gasteiger partial charge is 0.507 e. The average molecular weight is 465 g/mol. The molecule has 1 N–H and O–H groups in total. The van der Waals surface area contributed by atoms with E-state index >= 15 is 0 Å². The molecule has 1 aliphatic rings. The number of benzene rings is 2. The molecule has 7 heteroatoms. The van der Waals surface area contributed by atoms with Crippen molar-refractivity contribution in [3.8, 4) is 5.75 Å². The maximum atomic E-state index is 13.0. The molecule has 0 unspecified atom stereocenters. The van der Waals surface area contributed by atoms with Crippen molar-refractivity contribution in [1.82, 2.24) is 4.98 Å². The number of halogens is 1. The zero-order valence-electron chi connectivity index (χ0n) is 15.9. The van der Waals surface area contributed by atoms with Crippen molar-refractivity contribution in [2.45, 2.75) is 6.04 Å². The normalized spacial score (nSPS) is 17.9. The number of nitrogens with zero attached hydrogens (tertiary/aromatic N) is 2. The van der Waals surface area contributed by atoms with Crippen molar-refractivity contribution in [3.05, 3.63) is 94.1 Å². The van der Waals surface area contributed by atoms with E-state index in [4.69, 9.17) is 4.74 Å². The molecule has 4 rings (SSSR count). The third-order valence-electron chi connectivity index (χ3n) is 4.87. The van der Waals surface area contributed by atoms with E-state index in [1.807, 2.05) is 12.1 Å². The second-order valence-corrected chi connectivity index (χ2v) is 7.56. The van der Waals surface area contributed by atoms with Crippen LogP contribution < -0.4 is 9.64 Å². The van der Waals surface area contributed by atoms with Crippen LogP contribution in [0.3, 0.4) is 0 Å². The highest BCUT2D eigenvalue weighted by atomic mass is 79.9. The van der Waals surface area contributed by atoms with Gasteiger partial charge in [-0.25, -0.2) is 4.98 Å². The highest BCUT2D eigenvalue weighted by Gasteiger charge is 2.47. The Morgan fingerprint density at radius 3 is 2.50 bits per heavy atom. The third-order valence-corrected chi connectivity index (χ3v) is 5.40. The molecule has 1 aliphatic heterocycles. The number of ether oxygens (including phenoxy) is 1. The van der Waals surface area contributed by atoms with Crippen molar-refractivity contribution in [3.63, 3.8) is 0 Å². The smallest absolute Gasteiger partial charge is 0.301 e. The van der Waals surface area contributed by atoms with Crippen LogP contribution in [0.25, 0.3) is 5.76 Å². The molecule has 150 valence electrons. The van der Waals surface area contributed by atoms with Gasteiger partial charge in [-0.15, -0.1) is 0 Å². The summed E-state index contributed by atoms with van der Waals surface area (Å²) >= 11 is 3.40. The Morgan fingerprint density at radius 2 is 1.83 bits per heavy atom. The summed E-state index contributed by atoms with van der Waals surface area (Å²) in [6.45, 7) is 0. The van der Waals surface area contributed by atoms with Crippen LogP contribution in [-0.2, 0) is 9.59 Å². The second kappa shape index (κ2) is 8.12. The maximum Gasteiger partial charge on any atom is 0.301 e. The van der Waals surface area contributed by atoms with Crippen molar-refractivity contribution in [2.24, 2.45) is 0 Å². The first-order valence-corrected chi connectivity index (χ1v) is 9.92. The summed E-state index contributed by atoms with van der Waals surface area (Å²) in [5.74, 6) is -0.922. The van der Waals surface area contributed by atoms with Gasteiger partial charge in [0, 0.05) is 16.2 Å². The lowest BCUT2D eigenvalue weighted by molar-refractivity contribution is -0.132. The van der Waals surface area contributed by atoms with Crippen LogP contribution >= 0.6 is 15.9 Å². The summed E-state index contributed by atoms with van der Waals surface area (Å²) in [5.41, 5.74) is 1.06. The van der Waals surface area contributed by atoms with E-state index in [1.165, 1.54) is 12.0 Å². The topological polar surface area (TPSA) is 79.7 Å². The molecule has 2 heterocycles. The van der Waals surface area contributed by atoms with Gasteiger partial charge in [-0.1, -0.05) is 46.3 Å². The molecular weight excluding hydrogens is 448 g/mol. The number of aromatic nitrogens is 1. The van der Waals surface area contributed by atoms with Crippen molar-refractivity contribution in [1.29, 1.82) is 0 Å². The van der Waals surface area contributed by atoms with E-state index in [-0.39, 0.29) is 11.3 Å². The number of ketones is 1. The highest BCUT2D eigenvalue weighted by Crippen LogP contribution is 2.41. The quantitative estimate of drug-likeness (QED) is 0.349. The van der Waals surface area contributed by atoms with Crippen LogP contribution in [0.15, 0.2) is 83.0 Å². The first-order valence-electron chi connectivity index (χ1n) is 9.13. The number of carbonyl (C=O) groups is 2. The molecule has 0 saturated carbocycles. The van der Waals surface area contributed by atoms with E-state index < -0.39 is 17.7 Å². The van der Waals surface area contributed by atoms with Gasteiger partial charge in [0.1, 0.15) is 17.3 Å². The van der Waals surface area contributed by atoms with Crippen LogP contribution in [0, 0.1) is 0 Å². The second-order valence-electron chi connectivity index (χ2n) is 6.64. The number of aliphatic hydroxyl groups is 1. The Hall–Kier alpha value is -3.45. The van der Waals surface area contributed by atoms with Gasteiger partial charge in [-0.05, 0) is 42.0 Å². The molecular formula is C23H17BrN2O4. The zero-order chi connectivity index (χ0) is 21.3. The number of rotatable bonds is 4. The molecule has 2 aromatic carbocycles. The van der Waals surface area contributed by atoms with Gasteiger partial charge >= 0.3 is 5.91 Å². The number of amides is 1. The predicted molar refractivity (Wildman–Crippen MR) is 116 cm³/mol. The van der Waals surface area contributed by atoms with E-state index in [0.29, 0.717) is 22.7 Å². The Labute approximate surface area is 181 Å². The molecule has 30 heavy (non-hydrogen) atoms. The molecule has 3 aromatic rings. The van der Waals surface area contributed by atoms with Gasteiger partial charge in [0.25, 0.3) is 5.78 Å². The minimum Gasteiger partial charge on any atom is -0.507 e.